The van der Waals surface area contributed by atoms with Crippen LogP contribution in [-0.2, 0) is 4.74 Å². The first kappa shape index (κ1) is 41.1. The van der Waals surface area contributed by atoms with E-state index in [4.69, 9.17) is 9.84 Å². The van der Waals surface area contributed by atoms with Crippen molar-refractivity contribution in [3.05, 3.63) is 105 Å². The Balaban J connectivity index is 0.000000211. The predicted molar refractivity (Wildman–Crippen MR) is 203 cm³/mol. The molecule has 3 N–H and O–H groups in total. The molecule has 0 fully saturated rings. The van der Waals surface area contributed by atoms with E-state index >= 15 is 0 Å². The summed E-state index contributed by atoms with van der Waals surface area (Å²) < 4.78 is 84.1. The number of pyridine rings is 2. The van der Waals surface area contributed by atoms with Crippen molar-refractivity contribution in [1.82, 2.24) is 18.8 Å². The highest BCUT2D eigenvalue weighted by atomic mass is 79.9. The molecule has 0 unspecified atom stereocenters. The zero-order valence-corrected chi connectivity index (χ0v) is 32.4. The van der Waals surface area contributed by atoms with Gasteiger partial charge in [-0.1, -0.05) is 12.1 Å². The first-order valence-electron chi connectivity index (χ1n) is 16.3. The van der Waals surface area contributed by atoms with E-state index in [9.17, 15) is 35.9 Å². The Labute approximate surface area is 326 Å². The number of esters is 1. The second-order valence-electron chi connectivity index (χ2n) is 12.3. The van der Waals surface area contributed by atoms with Gasteiger partial charge < -0.3 is 20.5 Å². The normalized spacial score (nSPS) is 11.7. The first-order chi connectivity index (χ1) is 25.8. The zero-order valence-electron chi connectivity index (χ0n) is 29.2. The highest BCUT2D eigenvalue weighted by molar-refractivity contribution is 9.10. The highest BCUT2D eigenvalue weighted by Gasteiger charge is 2.27. The van der Waals surface area contributed by atoms with Gasteiger partial charge in [-0.3, -0.25) is 8.80 Å². The van der Waals surface area contributed by atoms with E-state index in [1.807, 2.05) is 6.07 Å². The number of aryl methyl sites for hydroxylation is 2. The number of alkyl halides is 6. The van der Waals surface area contributed by atoms with Gasteiger partial charge >= 0.3 is 24.3 Å². The summed E-state index contributed by atoms with van der Waals surface area (Å²) in [5, 5.41) is 14.7. The number of halogens is 8. The number of aromatic nitrogens is 4. The quantitative estimate of drug-likeness (QED) is 0.0918. The van der Waals surface area contributed by atoms with Crippen LogP contribution in [-0.4, -0.2) is 68.4 Å². The fourth-order valence-electron chi connectivity index (χ4n) is 5.70. The van der Waals surface area contributed by atoms with Crippen LogP contribution in [0.15, 0.2) is 82.3 Å². The number of aromatic carboxylic acids is 1. The second kappa shape index (κ2) is 16.7. The predicted octanol–water partition coefficient (Wildman–Crippen LogP) is 10.4. The van der Waals surface area contributed by atoms with Crippen LogP contribution in [0.1, 0.15) is 44.7 Å². The summed E-state index contributed by atoms with van der Waals surface area (Å²) in [6.07, 6.45) is -3.56. The number of hydrogen-bond donors (Lipinski definition) is 3. The molecule has 0 bridgehead atoms. The van der Waals surface area contributed by atoms with Crippen LogP contribution in [0.2, 0.25) is 0 Å². The lowest BCUT2D eigenvalue weighted by molar-refractivity contribution is -0.132. The third kappa shape index (κ3) is 10.2. The topological polar surface area (TPSA) is 122 Å². The third-order valence-electron chi connectivity index (χ3n) is 8.27. The first-order valence-corrected chi connectivity index (χ1v) is 17.9. The number of nitrogens with zero attached hydrogens (tertiary/aromatic N) is 4. The largest absolute Gasteiger partial charge is 0.478 e. The Kier molecular flexibility index (Phi) is 12.5. The molecular weight excluding hydrogens is 866 g/mol. The van der Waals surface area contributed by atoms with Gasteiger partial charge in [0.15, 0.2) is 11.3 Å². The summed E-state index contributed by atoms with van der Waals surface area (Å²) in [6, 6.07) is 13.6. The Morgan fingerprint density at radius 2 is 1.15 bits per heavy atom. The summed E-state index contributed by atoms with van der Waals surface area (Å²) >= 11 is 6.75. The molecule has 0 spiro atoms. The van der Waals surface area contributed by atoms with E-state index < -0.39 is 37.1 Å². The molecule has 290 valence electrons. The molecule has 0 saturated carbocycles. The van der Waals surface area contributed by atoms with Crippen molar-refractivity contribution >= 4 is 66.5 Å². The van der Waals surface area contributed by atoms with Gasteiger partial charge in [0.2, 0.25) is 0 Å². The van der Waals surface area contributed by atoms with Crippen molar-refractivity contribution < 1.29 is 45.8 Å². The smallest absolute Gasteiger partial charge is 0.390 e. The Bertz CT molecular complexity index is 2380. The molecule has 0 saturated heterocycles. The van der Waals surface area contributed by atoms with Gasteiger partial charge in [0.1, 0.15) is 0 Å². The number of carboxylic acid groups (broad SMARTS) is 1. The number of anilines is 2. The fourth-order valence-corrected chi connectivity index (χ4v) is 6.57. The van der Waals surface area contributed by atoms with E-state index in [0.29, 0.717) is 48.4 Å². The van der Waals surface area contributed by atoms with Crippen molar-refractivity contribution in [2.45, 2.75) is 39.0 Å². The molecule has 2 aromatic carbocycles. The highest BCUT2D eigenvalue weighted by Crippen LogP contribution is 2.31. The molecular formula is C37H32Br2F6N6O4. The maximum atomic E-state index is 12.4. The van der Waals surface area contributed by atoms with Crippen LogP contribution in [0, 0.1) is 13.8 Å². The lowest BCUT2D eigenvalue weighted by Crippen LogP contribution is -2.15. The lowest BCUT2D eigenvalue weighted by Gasteiger charge is -2.12. The number of carboxylic acids is 1. The van der Waals surface area contributed by atoms with Crippen LogP contribution in [0.3, 0.4) is 0 Å². The van der Waals surface area contributed by atoms with E-state index in [0.717, 1.165) is 22.4 Å². The average molecular weight is 898 g/mol. The number of methoxy groups -OCH3 is 1. The molecule has 0 atom stereocenters. The summed E-state index contributed by atoms with van der Waals surface area (Å²) in [5.41, 5.74) is 7.00. The molecule has 4 aromatic heterocycles. The standard InChI is InChI=1S/C19H17BrF3N3O2.C18H15BrF3N3O2/c1-11-7-12(3-4-14(11)18(27)28-2)16-9-25-17-15(8-13(20)10-26(16)17)24-6-5-19(21,22)23;1-10-6-11(2-3-13(10)17(26)27)15-8-24-16-14(7-12(19)9-25(15)16)23-5-4-18(20,21)22/h3-4,7-10,24H,5-6H2,1-2H3;2-3,6-9,23H,4-5H2,1H3,(H,26,27). The molecule has 55 heavy (non-hydrogen) atoms. The zero-order chi connectivity index (χ0) is 40.2. The van der Waals surface area contributed by atoms with Gasteiger partial charge in [0.05, 0.1) is 66.2 Å². The number of carbonyl (C=O) groups excluding carboxylic acids is 1. The molecule has 4 heterocycles. The van der Waals surface area contributed by atoms with Gasteiger partial charge in [0.25, 0.3) is 0 Å². The van der Waals surface area contributed by atoms with E-state index in [-0.39, 0.29) is 18.7 Å². The summed E-state index contributed by atoms with van der Waals surface area (Å²) in [5.74, 6) is -1.42. The monoisotopic (exact) mass is 896 g/mol. The number of rotatable bonds is 10. The van der Waals surface area contributed by atoms with E-state index in [1.165, 1.54) is 13.2 Å². The third-order valence-corrected chi connectivity index (χ3v) is 9.14. The number of nitrogens with one attached hydrogen (secondary N) is 2. The molecule has 0 amide bonds. The van der Waals surface area contributed by atoms with Crippen molar-refractivity contribution in [2.75, 3.05) is 30.8 Å². The van der Waals surface area contributed by atoms with Crippen LogP contribution in [0.4, 0.5) is 37.7 Å². The van der Waals surface area contributed by atoms with Gasteiger partial charge in [0, 0.05) is 45.6 Å². The number of benzene rings is 2. The summed E-state index contributed by atoms with van der Waals surface area (Å²) in [6.45, 7) is 3.00. The molecule has 0 aliphatic carbocycles. The Hall–Kier alpha value is -5.10. The van der Waals surface area contributed by atoms with Crippen LogP contribution >= 0.6 is 31.9 Å². The Morgan fingerprint density at radius 3 is 1.51 bits per heavy atom. The minimum Gasteiger partial charge on any atom is -0.478 e. The molecule has 6 rings (SSSR count). The maximum Gasteiger partial charge on any atom is 0.390 e. The maximum absolute atomic E-state index is 12.4. The van der Waals surface area contributed by atoms with Crippen LogP contribution < -0.4 is 10.6 Å². The molecule has 0 aliphatic heterocycles. The minimum atomic E-state index is -4.24. The number of fused-ring (bicyclic) bond motifs is 2. The molecule has 10 nitrogen and oxygen atoms in total. The molecule has 0 aliphatic rings. The number of imidazole rings is 2. The van der Waals surface area contributed by atoms with Gasteiger partial charge in [-0.25, -0.2) is 19.6 Å². The van der Waals surface area contributed by atoms with Crippen molar-refractivity contribution in [1.29, 1.82) is 0 Å². The average Bonchev–Trinajstić information content (AvgIpc) is 3.71. The molecule has 0 radical (unpaired) electrons. The molecule has 18 heteroatoms. The second-order valence-corrected chi connectivity index (χ2v) is 14.1. The number of carbonyl (C=O) groups is 2. The van der Waals surface area contributed by atoms with Crippen molar-refractivity contribution in [2.24, 2.45) is 0 Å². The summed E-state index contributed by atoms with van der Waals surface area (Å²) in [4.78, 5) is 31.6. The molecule has 6 aromatic rings. The van der Waals surface area contributed by atoms with E-state index in [2.05, 4.69) is 52.5 Å². The number of ether oxygens (including phenoxy) is 1. The van der Waals surface area contributed by atoms with Crippen molar-refractivity contribution in [3.8, 4) is 22.5 Å². The van der Waals surface area contributed by atoms with Crippen molar-refractivity contribution in [3.63, 3.8) is 0 Å². The Morgan fingerprint density at radius 1 is 0.727 bits per heavy atom. The minimum absolute atomic E-state index is 0.211. The van der Waals surface area contributed by atoms with Crippen LogP contribution in [0.25, 0.3) is 33.8 Å². The summed E-state index contributed by atoms with van der Waals surface area (Å²) in [7, 11) is 1.32. The van der Waals surface area contributed by atoms with E-state index in [1.54, 1.807) is 83.8 Å². The van der Waals surface area contributed by atoms with Gasteiger partial charge in [-0.15, -0.1) is 0 Å². The lowest BCUT2D eigenvalue weighted by atomic mass is 10.0. The van der Waals surface area contributed by atoms with Crippen LogP contribution in [0.5, 0.6) is 0 Å². The van der Waals surface area contributed by atoms with Gasteiger partial charge in [-0.2, -0.15) is 26.3 Å². The number of hydrogen-bond acceptors (Lipinski definition) is 7. The SMILES string of the molecule is COC(=O)c1ccc(-c2cnc3c(NCCC(F)(F)F)cc(Br)cn23)cc1C.Cc1cc(-c2cnc3c(NCCC(F)(F)F)cc(Br)cn23)ccc1C(=O)O. The van der Waals surface area contributed by atoms with Gasteiger partial charge in [-0.05, 0) is 93.2 Å². The fraction of sp³-hybridized carbons (Fsp3) is 0.243.